The van der Waals surface area contributed by atoms with Gasteiger partial charge in [0.2, 0.25) is 21.8 Å². The number of hydrogen-bond donors (Lipinski definition) is 1. The molecule has 0 fully saturated rings. The lowest BCUT2D eigenvalue weighted by atomic mass is 10.0. The zero-order valence-corrected chi connectivity index (χ0v) is 26.7. The van der Waals surface area contributed by atoms with Crippen molar-refractivity contribution in [1.29, 1.82) is 0 Å². The van der Waals surface area contributed by atoms with Crippen LogP contribution in [0.1, 0.15) is 31.4 Å². The fourth-order valence-electron chi connectivity index (χ4n) is 4.21. The van der Waals surface area contributed by atoms with Gasteiger partial charge >= 0.3 is 0 Å². The van der Waals surface area contributed by atoms with Crippen molar-refractivity contribution in [2.45, 2.75) is 45.3 Å². The summed E-state index contributed by atoms with van der Waals surface area (Å²) >= 11 is 9.72. The zero-order chi connectivity index (χ0) is 30.2. The second kappa shape index (κ2) is 14.7. The quantitative estimate of drug-likeness (QED) is 0.263. The summed E-state index contributed by atoms with van der Waals surface area (Å²) in [5.74, 6) is -0.478. The standard InChI is InChI=1S/C30H35BrClN3O5S/c1-5-21(2)33-30(37)27(17-22-9-7-6-8-10-22)34(19-23-11-13-24(31)14-12-23)29(36)20-35(41(4,38)39)25-15-16-28(40-3)26(32)18-25/h6-16,18,21,27H,5,17,19-20H2,1-4H3,(H,33,37)/t21-,27-/m0/s1. The fourth-order valence-corrected chi connectivity index (χ4v) is 5.56. The lowest BCUT2D eigenvalue weighted by Crippen LogP contribution is -2.54. The van der Waals surface area contributed by atoms with Crippen LogP contribution >= 0.6 is 27.5 Å². The minimum absolute atomic E-state index is 0.0957. The Morgan fingerprint density at radius 1 is 1.02 bits per heavy atom. The number of halogens is 2. The first-order valence-electron chi connectivity index (χ1n) is 13.1. The molecule has 41 heavy (non-hydrogen) atoms. The Bertz CT molecular complexity index is 1440. The first-order valence-corrected chi connectivity index (χ1v) is 16.1. The average molecular weight is 665 g/mol. The molecule has 3 aromatic carbocycles. The SMILES string of the molecule is CC[C@H](C)NC(=O)[C@H](Cc1ccccc1)N(Cc1ccc(Br)cc1)C(=O)CN(c1ccc(OC)c(Cl)c1)S(C)(=O)=O. The largest absolute Gasteiger partial charge is 0.495 e. The molecule has 220 valence electrons. The molecule has 11 heteroatoms. The maximum atomic E-state index is 14.1. The highest BCUT2D eigenvalue weighted by Crippen LogP contribution is 2.30. The van der Waals surface area contributed by atoms with Crippen molar-refractivity contribution in [1.82, 2.24) is 10.2 Å². The molecule has 0 aliphatic carbocycles. The smallest absolute Gasteiger partial charge is 0.244 e. The third kappa shape index (κ3) is 9.21. The number of amides is 2. The Hall–Kier alpha value is -3.08. The van der Waals surface area contributed by atoms with Crippen molar-refractivity contribution >= 4 is 55.1 Å². The van der Waals surface area contributed by atoms with Gasteiger partial charge in [-0.15, -0.1) is 0 Å². The highest BCUT2D eigenvalue weighted by Gasteiger charge is 2.33. The first kappa shape index (κ1) is 32.4. The van der Waals surface area contributed by atoms with E-state index in [1.54, 1.807) is 0 Å². The molecule has 0 aliphatic heterocycles. The van der Waals surface area contributed by atoms with E-state index in [0.29, 0.717) is 12.2 Å². The Labute approximate surface area is 255 Å². The van der Waals surface area contributed by atoms with Crippen LogP contribution in [0.15, 0.2) is 77.3 Å². The van der Waals surface area contributed by atoms with Crippen molar-refractivity contribution in [3.63, 3.8) is 0 Å². The molecule has 0 heterocycles. The average Bonchev–Trinajstić information content (AvgIpc) is 2.94. The number of nitrogens with zero attached hydrogens (tertiary/aromatic N) is 2. The predicted molar refractivity (Wildman–Crippen MR) is 167 cm³/mol. The molecule has 0 spiro atoms. The van der Waals surface area contributed by atoms with E-state index in [1.165, 1.54) is 30.2 Å². The zero-order valence-electron chi connectivity index (χ0n) is 23.5. The van der Waals surface area contributed by atoms with Crippen molar-refractivity contribution < 1.29 is 22.7 Å². The molecule has 0 saturated heterocycles. The van der Waals surface area contributed by atoms with Gasteiger partial charge in [0.1, 0.15) is 18.3 Å². The van der Waals surface area contributed by atoms with E-state index in [-0.39, 0.29) is 35.6 Å². The monoisotopic (exact) mass is 663 g/mol. The van der Waals surface area contributed by atoms with Gasteiger partial charge in [-0.1, -0.05) is 76.9 Å². The molecule has 3 aromatic rings. The molecule has 2 atom stereocenters. The lowest BCUT2D eigenvalue weighted by Gasteiger charge is -2.34. The maximum absolute atomic E-state index is 14.1. The molecular formula is C30H35BrClN3O5S. The number of benzene rings is 3. The summed E-state index contributed by atoms with van der Waals surface area (Å²) in [7, 11) is -2.46. The van der Waals surface area contributed by atoms with Crippen LogP contribution in [0.4, 0.5) is 5.69 Å². The van der Waals surface area contributed by atoms with Gasteiger partial charge in [-0.2, -0.15) is 0 Å². The number of nitrogens with one attached hydrogen (secondary N) is 1. The number of hydrogen-bond acceptors (Lipinski definition) is 5. The maximum Gasteiger partial charge on any atom is 0.244 e. The number of rotatable bonds is 13. The van der Waals surface area contributed by atoms with Gasteiger partial charge in [-0.25, -0.2) is 8.42 Å². The van der Waals surface area contributed by atoms with Crippen molar-refractivity contribution in [2.75, 3.05) is 24.2 Å². The fraction of sp³-hybridized carbons (Fsp3) is 0.333. The molecule has 3 rings (SSSR count). The molecule has 0 bridgehead atoms. The first-order chi connectivity index (χ1) is 19.4. The minimum Gasteiger partial charge on any atom is -0.495 e. The molecule has 0 aliphatic rings. The normalized spacial score (nSPS) is 12.7. The Kier molecular flexibility index (Phi) is 11.6. The highest BCUT2D eigenvalue weighted by molar-refractivity contribution is 9.10. The van der Waals surface area contributed by atoms with Gasteiger partial charge in [0.15, 0.2) is 0 Å². The molecule has 1 N–H and O–H groups in total. The van der Waals surface area contributed by atoms with E-state index in [4.69, 9.17) is 16.3 Å². The van der Waals surface area contributed by atoms with Crippen LogP contribution in [0.5, 0.6) is 5.75 Å². The number of methoxy groups -OCH3 is 1. The molecule has 0 aromatic heterocycles. The van der Waals surface area contributed by atoms with Gasteiger partial charge in [0, 0.05) is 23.5 Å². The third-order valence-corrected chi connectivity index (χ3v) is 8.61. The number of carbonyl (C=O) groups excluding carboxylic acids is 2. The second-order valence-electron chi connectivity index (χ2n) is 9.76. The van der Waals surface area contributed by atoms with E-state index >= 15 is 0 Å². The number of ether oxygens (including phenoxy) is 1. The Morgan fingerprint density at radius 3 is 2.24 bits per heavy atom. The van der Waals surface area contributed by atoms with Crippen molar-refractivity contribution in [3.8, 4) is 5.75 Å². The highest BCUT2D eigenvalue weighted by atomic mass is 79.9. The summed E-state index contributed by atoms with van der Waals surface area (Å²) in [6, 6.07) is 20.3. The molecule has 0 saturated carbocycles. The Morgan fingerprint density at radius 2 is 1.68 bits per heavy atom. The summed E-state index contributed by atoms with van der Waals surface area (Å²) in [5.41, 5.74) is 1.86. The van der Waals surface area contributed by atoms with Crippen LogP contribution in [-0.4, -0.2) is 57.1 Å². The predicted octanol–water partition coefficient (Wildman–Crippen LogP) is 5.43. The minimum atomic E-state index is -3.91. The van der Waals surface area contributed by atoms with E-state index in [2.05, 4.69) is 21.2 Å². The van der Waals surface area contributed by atoms with Crippen LogP contribution in [0.3, 0.4) is 0 Å². The summed E-state index contributed by atoms with van der Waals surface area (Å²) in [5, 5.41) is 3.21. The van der Waals surface area contributed by atoms with Crippen LogP contribution in [0.25, 0.3) is 0 Å². The van der Waals surface area contributed by atoms with E-state index < -0.39 is 28.5 Å². The van der Waals surface area contributed by atoms with Crippen LogP contribution in [-0.2, 0) is 32.6 Å². The molecule has 2 amide bonds. The van der Waals surface area contributed by atoms with E-state index in [1.807, 2.05) is 68.4 Å². The van der Waals surface area contributed by atoms with Gasteiger partial charge in [-0.05, 0) is 54.8 Å². The van der Waals surface area contributed by atoms with Crippen LogP contribution < -0.4 is 14.4 Å². The number of sulfonamides is 1. The number of anilines is 1. The van der Waals surface area contributed by atoms with Crippen LogP contribution in [0.2, 0.25) is 5.02 Å². The van der Waals surface area contributed by atoms with Crippen LogP contribution in [0, 0.1) is 0 Å². The summed E-state index contributed by atoms with van der Waals surface area (Å²) in [6.07, 6.45) is 1.98. The molecule has 0 unspecified atom stereocenters. The third-order valence-electron chi connectivity index (χ3n) is 6.64. The van der Waals surface area contributed by atoms with Gasteiger partial charge in [0.05, 0.1) is 24.1 Å². The Balaban J connectivity index is 2.06. The van der Waals surface area contributed by atoms with E-state index in [9.17, 15) is 18.0 Å². The molecule has 0 radical (unpaired) electrons. The second-order valence-corrected chi connectivity index (χ2v) is 13.0. The number of carbonyl (C=O) groups is 2. The lowest BCUT2D eigenvalue weighted by molar-refractivity contribution is -0.140. The summed E-state index contributed by atoms with van der Waals surface area (Å²) in [6.45, 7) is 3.43. The molecular weight excluding hydrogens is 630 g/mol. The topological polar surface area (TPSA) is 96.0 Å². The molecule has 8 nitrogen and oxygen atoms in total. The van der Waals surface area contributed by atoms with Gasteiger partial charge in [-0.3, -0.25) is 13.9 Å². The van der Waals surface area contributed by atoms with Gasteiger partial charge in [0.25, 0.3) is 0 Å². The van der Waals surface area contributed by atoms with Crippen molar-refractivity contribution in [2.24, 2.45) is 0 Å². The summed E-state index contributed by atoms with van der Waals surface area (Å²) < 4.78 is 32.9. The van der Waals surface area contributed by atoms with Crippen molar-refractivity contribution in [3.05, 3.63) is 93.4 Å². The van der Waals surface area contributed by atoms with Gasteiger partial charge < -0.3 is 15.0 Å². The summed E-state index contributed by atoms with van der Waals surface area (Å²) in [4.78, 5) is 29.3. The van der Waals surface area contributed by atoms with E-state index in [0.717, 1.165) is 26.2 Å².